The molecule has 3 aromatic carbocycles. The van der Waals surface area contributed by atoms with E-state index in [-0.39, 0.29) is 25.0 Å². The first kappa shape index (κ1) is 29.0. The highest BCUT2D eigenvalue weighted by Crippen LogP contribution is 2.44. The summed E-state index contributed by atoms with van der Waals surface area (Å²) in [6.07, 6.45) is -1.14. The summed E-state index contributed by atoms with van der Waals surface area (Å²) in [4.78, 5) is 41.0. The topological polar surface area (TPSA) is 108 Å². The third-order valence-corrected chi connectivity index (χ3v) is 7.65. The van der Waals surface area contributed by atoms with Crippen molar-refractivity contribution in [2.75, 3.05) is 43.0 Å². The number of carbonyl (C=O) groups is 3. The average Bonchev–Trinajstić information content (AvgIpc) is 3.26. The zero-order valence-corrected chi connectivity index (χ0v) is 24.5. The van der Waals surface area contributed by atoms with Crippen molar-refractivity contribution in [1.82, 2.24) is 4.90 Å². The summed E-state index contributed by atoms with van der Waals surface area (Å²) in [5, 5.41) is 12.3. The van der Waals surface area contributed by atoms with Crippen LogP contribution in [0.25, 0.3) is 11.1 Å². The molecule has 1 fully saturated rings. The summed E-state index contributed by atoms with van der Waals surface area (Å²) in [7, 11) is 0. The number of hydrogen-bond acceptors (Lipinski definition) is 6. The van der Waals surface area contributed by atoms with Gasteiger partial charge >= 0.3 is 18.2 Å². The number of carboxylic acid groups (broad SMARTS) is 1. The molecule has 0 unspecified atom stereocenters. The highest BCUT2D eigenvalue weighted by Gasteiger charge is 2.30. The molecule has 9 heteroatoms. The Hall–Kier alpha value is -4.53. The monoisotopic (exact) mass is 571 g/mol. The highest BCUT2D eigenvalue weighted by molar-refractivity contribution is 5.88. The van der Waals surface area contributed by atoms with Crippen molar-refractivity contribution < 1.29 is 29.0 Å². The smallest absolute Gasteiger partial charge is 0.411 e. The van der Waals surface area contributed by atoms with Crippen molar-refractivity contribution in [3.63, 3.8) is 0 Å². The maximum atomic E-state index is 13.1. The van der Waals surface area contributed by atoms with Crippen molar-refractivity contribution in [2.45, 2.75) is 45.6 Å². The van der Waals surface area contributed by atoms with Gasteiger partial charge in [-0.25, -0.2) is 9.59 Å². The number of aliphatic carboxylic acids is 1. The van der Waals surface area contributed by atoms with Gasteiger partial charge < -0.3 is 24.4 Å². The van der Waals surface area contributed by atoms with E-state index in [9.17, 15) is 19.5 Å². The van der Waals surface area contributed by atoms with Crippen LogP contribution in [0.4, 0.5) is 21.0 Å². The first-order valence-electron chi connectivity index (χ1n) is 14.2. The number of hydrogen-bond donors (Lipinski definition) is 2. The van der Waals surface area contributed by atoms with Crippen LogP contribution in [-0.2, 0) is 20.7 Å². The number of nitrogens with one attached hydrogen (secondary N) is 1. The van der Waals surface area contributed by atoms with Gasteiger partial charge in [-0.1, -0.05) is 48.5 Å². The molecule has 220 valence electrons. The lowest BCUT2D eigenvalue weighted by atomic mass is 9.98. The molecule has 42 heavy (non-hydrogen) atoms. The predicted molar refractivity (Wildman–Crippen MR) is 161 cm³/mol. The molecule has 0 bridgehead atoms. The van der Waals surface area contributed by atoms with E-state index in [1.165, 1.54) is 0 Å². The molecule has 1 saturated heterocycles. The van der Waals surface area contributed by atoms with Crippen LogP contribution in [0.2, 0.25) is 0 Å². The van der Waals surface area contributed by atoms with E-state index in [1.807, 2.05) is 58.0 Å². The zero-order chi connectivity index (χ0) is 30.0. The Bertz CT molecular complexity index is 1460. The van der Waals surface area contributed by atoms with Crippen LogP contribution in [0, 0.1) is 6.92 Å². The van der Waals surface area contributed by atoms with Gasteiger partial charge in [-0.15, -0.1) is 0 Å². The summed E-state index contributed by atoms with van der Waals surface area (Å²) in [6, 6.07) is 19.8. The van der Waals surface area contributed by atoms with Crippen molar-refractivity contribution in [2.24, 2.45) is 0 Å². The Morgan fingerprint density at radius 3 is 2.10 bits per heavy atom. The third kappa shape index (κ3) is 6.35. The molecule has 2 N–H and O–H groups in total. The molecule has 0 saturated carbocycles. The second-order valence-corrected chi connectivity index (χ2v) is 11.8. The quantitative estimate of drug-likeness (QED) is 0.371. The van der Waals surface area contributed by atoms with Crippen LogP contribution in [0.1, 0.15) is 48.9 Å². The number of benzene rings is 3. The first-order valence-corrected chi connectivity index (χ1v) is 14.2. The van der Waals surface area contributed by atoms with Gasteiger partial charge in [0, 0.05) is 43.5 Å². The lowest BCUT2D eigenvalue weighted by molar-refractivity contribution is -0.136. The normalized spacial score (nSPS) is 14.7. The van der Waals surface area contributed by atoms with E-state index in [4.69, 9.17) is 9.47 Å². The Labute approximate surface area is 246 Å². The van der Waals surface area contributed by atoms with E-state index >= 15 is 0 Å². The standard InChI is InChI=1S/C33H37N3O6/c1-21-28(34-31(39)41-20-27-25-11-7-5-9-23(25)24-10-6-8-12-26(24)27)17-22(19-30(37)38)18-29(21)35-13-15-36(16-14-35)32(40)42-33(2,3)4/h5-12,17-18,27H,13-16,19-20H2,1-4H3,(H,34,39)(H,37,38). The van der Waals surface area contributed by atoms with Gasteiger partial charge in [-0.3, -0.25) is 10.1 Å². The Morgan fingerprint density at radius 2 is 1.52 bits per heavy atom. The molecular weight excluding hydrogens is 534 g/mol. The largest absolute Gasteiger partial charge is 0.481 e. The minimum atomic E-state index is -0.966. The van der Waals surface area contributed by atoms with Crippen LogP contribution >= 0.6 is 0 Å². The molecule has 0 spiro atoms. The van der Waals surface area contributed by atoms with Gasteiger partial charge in [0.05, 0.1) is 6.42 Å². The van der Waals surface area contributed by atoms with Crippen molar-refractivity contribution >= 4 is 29.5 Å². The van der Waals surface area contributed by atoms with Gasteiger partial charge in [0.2, 0.25) is 0 Å². The minimum Gasteiger partial charge on any atom is -0.481 e. The Kier molecular flexibility index (Phi) is 8.11. The maximum absolute atomic E-state index is 13.1. The average molecular weight is 572 g/mol. The molecule has 2 amide bonds. The molecule has 1 aliphatic heterocycles. The molecule has 5 rings (SSSR count). The number of carbonyl (C=O) groups excluding carboxylic acids is 2. The molecule has 2 aliphatic rings. The molecule has 1 heterocycles. The number of anilines is 2. The molecule has 0 aromatic heterocycles. The van der Waals surface area contributed by atoms with E-state index in [0.29, 0.717) is 37.4 Å². The number of rotatable bonds is 6. The summed E-state index contributed by atoms with van der Waals surface area (Å²) in [5.74, 6) is -1.04. The van der Waals surface area contributed by atoms with Gasteiger partial charge in [-0.05, 0) is 73.2 Å². The first-order chi connectivity index (χ1) is 20.0. The second kappa shape index (κ2) is 11.8. The fourth-order valence-corrected chi connectivity index (χ4v) is 5.69. The minimum absolute atomic E-state index is 0.0700. The summed E-state index contributed by atoms with van der Waals surface area (Å²) in [5.41, 5.74) is 6.64. The predicted octanol–water partition coefficient (Wildman–Crippen LogP) is 6.04. The fourth-order valence-electron chi connectivity index (χ4n) is 5.69. The number of nitrogens with zero attached hydrogens (tertiary/aromatic N) is 2. The Morgan fingerprint density at radius 1 is 0.929 bits per heavy atom. The zero-order valence-electron chi connectivity index (χ0n) is 24.5. The van der Waals surface area contributed by atoms with Crippen molar-refractivity contribution in [1.29, 1.82) is 0 Å². The second-order valence-electron chi connectivity index (χ2n) is 11.8. The lowest BCUT2D eigenvalue weighted by Gasteiger charge is -2.37. The van der Waals surface area contributed by atoms with E-state index in [1.54, 1.807) is 11.0 Å². The lowest BCUT2D eigenvalue weighted by Crippen LogP contribution is -2.50. The number of amides is 2. The van der Waals surface area contributed by atoms with Crippen LogP contribution < -0.4 is 10.2 Å². The fraction of sp³-hybridized carbons (Fsp3) is 0.364. The van der Waals surface area contributed by atoms with Crippen LogP contribution in [-0.4, -0.2) is 66.5 Å². The molecule has 1 aliphatic carbocycles. The molecule has 0 radical (unpaired) electrons. The summed E-state index contributed by atoms with van der Waals surface area (Å²) in [6.45, 7) is 9.59. The van der Waals surface area contributed by atoms with Gasteiger partial charge in [0.15, 0.2) is 0 Å². The number of ether oxygens (including phenoxy) is 2. The summed E-state index contributed by atoms with van der Waals surface area (Å²) >= 11 is 0. The Balaban J connectivity index is 1.30. The van der Waals surface area contributed by atoms with E-state index < -0.39 is 17.7 Å². The molecular formula is C33H37N3O6. The number of carboxylic acids is 1. The maximum Gasteiger partial charge on any atom is 0.411 e. The van der Waals surface area contributed by atoms with E-state index in [2.05, 4.69) is 34.5 Å². The van der Waals surface area contributed by atoms with Gasteiger partial charge in [-0.2, -0.15) is 0 Å². The molecule has 9 nitrogen and oxygen atoms in total. The van der Waals surface area contributed by atoms with Crippen LogP contribution in [0.15, 0.2) is 60.7 Å². The van der Waals surface area contributed by atoms with E-state index in [0.717, 1.165) is 33.5 Å². The number of piperazine rings is 1. The van der Waals surface area contributed by atoms with Gasteiger partial charge in [0.1, 0.15) is 12.2 Å². The number of fused-ring (bicyclic) bond motifs is 3. The third-order valence-electron chi connectivity index (χ3n) is 7.65. The van der Waals surface area contributed by atoms with Gasteiger partial charge in [0.25, 0.3) is 0 Å². The molecule has 0 atom stereocenters. The van der Waals surface area contributed by atoms with Crippen LogP contribution in [0.3, 0.4) is 0 Å². The highest BCUT2D eigenvalue weighted by atomic mass is 16.6. The van der Waals surface area contributed by atoms with Crippen molar-refractivity contribution in [3.8, 4) is 11.1 Å². The molecule has 3 aromatic rings. The van der Waals surface area contributed by atoms with Crippen molar-refractivity contribution in [3.05, 3.63) is 82.9 Å². The van der Waals surface area contributed by atoms with Crippen LogP contribution in [0.5, 0.6) is 0 Å². The SMILES string of the molecule is Cc1c(NC(=O)OCC2c3ccccc3-c3ccccc32)cc(CC(=O)O)cc1N1CCN(C(=O)OC(C)(C)C)CC1. The summed E-state index contributed by atoms with van der Waals surface area (Å²) < 4.78 is 11.3.